The van der Waals surface area contributed by atoms with Gasteiger partial charge < -0.3 is 14.2 Å². The van der Waals surface area contributed by atoms with E-state index in [-0.39, 0.29) is 18.1 Å². The van der Waals surface area contributed by atoms with Gasteiger partial charge in [-0.25, -0.2) is 15.0 Å². The highest BCUT2D eigenvalue weighted by atomic mass is 16.5. The molecule has 0 saturated carbocycles. The molecule has 0 spiro atoms. The van der Waals surface area contributed by atoms with Crippen LogP contribution in [0, 0.1) is 0 Å². The molecular formula is C33H30N2O6. The number of ether oxygens (including phenoxy) is 3. The summed E-state index contributed by atoms with van der Waals surface area (Å²) in [4.78, 5) is 37.5. The molecule has 8 heteroatoms. The fourth-order valence-electron chi connectivity index (χ4n) is 3.73. The number of nitrogens with one attached hydrogen (secondary N) is 1. The molecule has 0 unspecified atom stereocenters. The van der Waals surface area contributed by atoms with Crippen molar-refractivity contribution in [2.45, 2.75) is 26.2 Å². The second-order valence-electron chi connectivity index (χ2n) is 9.04. The highest BCUT2D eigenvalue weighted by Gasteiger charge is 2.15. The van der Waals surface area contributed by atoms with E-state index in [0.29, 0.717) is 22.4 Å². The summed E-state index contributed by atoms with van der Waals surface area (Å²) in [6.45, 7) is 1.92. The molecule has 8 nitrogen and oxygen atoms in total. The Bertz CT molecular complexity index is 1490. The number of rotatable bonds is 12. The predicted molar refractivity (Wildman–Crippen MR) is 156 cm³/mol. The van der Waals surface area contributed by atoms with E-state index in [4.69, 9.17) is 14.2 Å². The van der Waals surface area contributed by atoms with E-state index in [1.807, 2.05) is 24.3 Å². The van der Waals surface area contributed by atoms with Crippen LogP contribution in [-0.4, -0.2) is 30.7 Å². The number of hydrogen-bond donors (Lipinski definition) is 1. The lowest BCUT2D eigenvalue weighted by Gasteiger charge is -2.11. The molecule has 0 aliphatic heterocycles. The first kappa shape index (κ1) is 28.8. The molecule has 0 bridgehead atoms. The normalized spacial score (nSPS) is 10.7. The minimum absolute atomic E-state index is 0.0922. The lowest BCUT2D eigenvalue weighted by Crippen LogP contribution is -2.24. The van der Waals surface area contributed by atoms with Crippen molar-refractivity contribution in [3.05, 3.63) is 125 Å². The zero-order valence-electron chi connectivity index (χ0n) is 22.6. The molecule has 0 fully saturated rings. The zero-order valence-corrected chi connectivity index (χ0v) is 22.6. The second-order valence-corrected chi connectivity index (χ2v) is 9.04. The van der Waals surface area contributed by atoms with Crippen molar-refractivity contribution in [2.75, 3.05) is 6.61 Å². The third kappa shape index (κ3) is 8.90. The summed E-state index contributed by atoms with van der Waals surface area (Å²) in [7, 11) is 0. The van der Waals surface area contributed by atoms with Crippen LogP contribution in [0.4, 0.5) is 0 Å². The molecule has 0 aliphatic carbocycles. The summed E-state index contributed by atoms with van der Waals surface area (Å²) in [5, 5.41) is 3.98. The van der Waals surface area contributed by atoms with E-state index in [0.717, 1.165) is 19.3 Å². The summed E-state index contributed by atoms with van der Waals surface area (Å²) >= 11 is 0. The van der Waals surface area contributed by atoms with Crippen molar-refractivity contribution in [3.63, 3.8) is 0 Å². The Labute approximate surface area is 238 Å². The minimum Gasteiger partial charge on any atom is -0.484 e. The van der Waals surface area contributed by atoms with Crippen molar-refractivity contribution in [1.82, 2.24) is 5.43 Å². The molecule has 4 aromatic carbocycles. The fourth-order valence-corrected chi connectivity index (χ4v) is 3.73. The molecule has 4 aromatic rings. The minimum atomic E-state index is -0.607. The number of hydrazone groups is 1. The van der Waals surface area contributed by atoms with E-state index in [9.17, 15) is 14.4 Å². The van der Waals surface area contributed by atoms with Crippen LogP contribution in [0.15, 0.2) is 108 Å². The maximum atomic E-state index is 12.7. The summed E-state index contributed by atoms with van der Waals surface area (Å²) in [6.07, 6.45) is 4.58. The topological polar surface area (TPSA) is 103 Å². The third-order valence-electron chi connectivity index (χ3n) is 5.92. The van der Waals surface area contributed by atoms with Gasteiger partial charge in [0.25, 0.3) is 5.91 Å². The average Bonchev–Trinajstić information content (AvgIpc) is 3.01. The maximum Gasteiger partial charge on any atom is 0.343 e. The van der Waals surface area contributed by atoms with Crippen molar-refractivity contribution >= 4 is 24.1 Å². The number of carbonyl (C=O) groups is 3. The van der Waals surface area contributed by atoms with Crippen LogP contribution >= 0.6 is 0 Å². The molecule has 0 aliphatic rings. The van der Waals surface area contributed by atoms with Crippen molar-refractivity contribution in [1.29, 1.82) is 0 Å². The Morgan fingerprint density at radius 1 is 0.756 bits per heavy atom. The molecule has 0 atom stereocenters. The van der Waals surface area contributed by atoms with Crippen LogP contribution in [0.1, 0.15) is 51.6 Å². The molecule has 0 radical (unpaired) electrons. The lowest BCUT2D eigenvalue weighted by atomic mass is 10.1. The Morgan fingerprint density at radius 2 is 1.37 bits per heavy atom. The smallest absolute Gasteiger partial charge is 0.343 e. The maximum absolute atomic E-state index is 12.7. The first-order valence-electron chi connectivity index (χ1n) is 13.2. The van der Waals surface area contributed by atoms with Crippen LogP contribution in [-0.2, 0) is 11.2 Å². The molecule has 0 aromatic heterocycles. The van der Waals surface area contributed by atoms with Gasteiger partial charge in [-0.05, 0) is 66.9 Å². The Balaban J connectivity index is 1.41. The Kier molecular flexibility index (Phi) is 10.4. The molecule has 0 heterocycles. The molecule has 41 heavy (non-hydrogen) atoms. The Morgan fingerprint density at radius 3 is 2.00 bits per heavy atom. The van der Waals surface area contributed by atoms with Crippen molar-refractivity contribution in [3.8, 4) is 17.2 Å². The fraction of sp³-hybridized carbons (Fsp3) is 0.152. The third-order valence-corrected chi connectivity index (χ3v) is 5.92. The SMILES string of the molecule is CCCCc1ccc(OCC(=O)N/N=C\c2ccc(OC(=O)c3ccccc3)cc2OC(=O)c2ccccc2)cc1. The highest BCUT2D eigenvalue weighted by molar-refractivity contribution is 5.94. The van der Waals surface area contributed by atoms with Gasteiger partial charge in [-0.1, -0.05) is 61.9 Å². The van der Waals surface area contributed by atoms with E-state index >= 15 is 0 Å². The van der Waals surface area contributed by atoms with E-state index < -0.39 is 17.8 Å². The lowest BCUT2D eigenvalue weighted by molar-refractivity contribution is -0.123. The first-order valence-corrected chi connectivity index (χ1v) is 13.2. The molecule has 208 valence electrons. The number of unbranched alkanes of at least 4 members (excludes halogenated alkanes) is 1. The average molecular weight is 551 g/mol. The van der Waals surface area contributed by atoms with Gasteiger partial charge in [0.15, 0.2) is 6.61 Å². The standard InChI is InChI=1S/C33H30N2O6/c1-2-3-10-24-15-18-28(19-16-24)39-23-31(36)35-34-22-27-17-20-29(40-32(37)25-11-6-4-7-12-25)21-30(27)41-33(38)26-13-8-5-9-14-26/h4-9,11-22H,2-3,10,23H2,1H3,(H,35,36)/b34-22-. The number of esters is 2. The Hall–Kier alpha value is -5.24. The highest BCUT2D eigenvalue weighted by Crippen LogP contribution is 2.26. The van der Waals surface area contributed by atoms with Gasteiger partial charge in [-0.2, -0.15) is 5.10 Å². The zero-order chi connectivity index (χ0) is 28.9. The van der Waals surface area contributed by atoms with Crippen molar-refractivity contribution in [2.24, 2.45) is 5.10 Å². The summed E-state index contributed by atoms with van der Waals surface area (Å²) in [6, 6.07) is 29.1. The summed E-state index contributed by atoms with van der Waals surface area (Å²) in [5.74, 6) is -0.785. The summed E-state index contributed by atoms with van der Waals surface area (Å²) < 4.78 is 16.6. The van der Waals surface area contributed by atoms with Crippen molar-refractivity contribution < 1.29 is 28.6 Å². The predicted octanol–water partition coefficient (Wildman–Crippen LogP) is 6.00. The number of nitrogens with zero attached hydrogens (tertiary/aromatic N) is 1. The quantitative estimate of drug-likeness (QED) is 0.101. The van der Waals surface area contributed by atoms with Crippen LogP contribution in [0.5, 0.6) is 17.2 Å². The van der Waals surface area contributed by atoms with Gasteiger partial charge >= 0.3 is 11.9 Å². The molecular weight excluding hydrogens is 520 g/mol. The number of carbonyl (C=O) groups excluding carboxylic acids is 3. The van der Waals surface area contributed by atoms with Crippen LogP contribution < -0.4 is 19.6 Å². The number of amides is 1. The van der Waals surface area contributed by atoms with Gasteiger partial charge in [0.2, 0.25) is 0 Å². The number of aryl methyl sites for hydroxylation is 1. The first-order chi connectivity index (χ1) is 20.0. The van der Waals surface area contributed by atoms with Gasteiger partial charge in [0, 0.05) is 11.6 Å². The van der Waals surface area contributed by atoms with Crippen LogP contribution in [0.3, 0.4) is 0 Å². The van der Waals surface area contributed by atoms with E-state index in [1.54, 1.807) is 66.7 Å². The van der Waals surface area contributed by atoms with E-state index in [1.165, 1.54) is 23.9 Å². The van der Waals surface area contributed by atoms with Gasteiger partial charge in [0.1, 0.15) is 17.2 Å². The van der Waals surface area contributed by atoms with Crippen LogP contribution in [0.25, 0.3) is 0 Å². The van der Waals surface area contributed by atoms with Gasteiger partial charge in [-0.3, -0.25) is 4.79 Å². The summed E-state index contributed by atoms with van der Waals surface area (Å²) in [5.41, 5.74) is 4.71. The number of benzene rings is 4. The number of hydrogen-bond acceptors (Lipinski definition) is 7. The van der Waals surface area contributed by atoms with Gasteiger partial charge in [-0.15, -0.1) is 0 Å². The van der Waals surface area contributed by atoms with E-state index in [2.05, 4.69) is 17.5 Å². The molecule has 1 amide bonds. The second kappa shape index (κ2) is 14.8. The van der Waals surface area contributed by atoms with Crippen LogP contribution in [0.2, 0.25) is 0 Å². The molecule has 4 rings (SSSR count). The van der Waals surface area contributed by atoms with Gasteiger partial charge in [0.05, 0.1) is 17.3 Å². The largest absolute Gasteiger partial charge is 0.484 e. The molecule has 0 saturated heterocycles. The molecule has 1 N–H and O–H groups in total. The monoisotopic (exact) mass is 550 g/mol.